The largest absolute Gasteiger partial charge is 0.368 e. The second-order valence-corrected chi connectivity index (χ2v) is 6.65. The van der Waals surface area contributed by atoms with Crippen molar-refractivity contribution in [3.05, 3.63) is 107 Å². The van der Waals surface area contributed by atoms with Gasteiger partial charge in [0, 0.05) is 23.1 Å². The second kappa shape index (κ2) is 9.09. The Kier molecular flexibility index (Phi) is 6.32. The highest BCUT2D eigenvalue weighted by atomic mass is 19.2. The van der Waals surface area contributed by atoms with Gasteiger partial charge in [-0.25, -0.2) is 8.78 Å². The Balaban J connectivity index is 1.70. The third-order valence-corrected chi connectivity index (χ3v) is 4.52. The molecule has 3 N–H and O–H groups in total. The number of carbonyl (C=O) groups is 3. The van der Waals surface area contributed by atoms with Crippen LogP contribution in [0.4, 0.5) is 8.78 Å². The average Bonchev–Trinajstić information content (AvgIpc) is 2.75. The molecule has 0 aromatic heterocycles. The van der Waals surface area contributed by atoms with Gasteiger partial charge in [-0.1, -0.05) is 54.6 Å². The monoisotopic (exact) mass is 408 g/mol. The van der Waals surface area contributed by atoms with Gasteiger partial charge in [0.15, 0.2) is 17.4 Å². The minimum atomic E-state index is -1.17. The highest BCUT2D eigenvalue weighted by molar-refractivity contribution is 6.09. The van der Waals surface area contributed by atoms with E-state index < -0.39 is 29.5 Å². The van der Waals surface area contributed by atoms with E-state index in [4.69, 9.17) is 5.73 Å². The lowest BCUT2D eigenvalue weighted by atomic mass is 9.99. The van der Waals surface area contributed by atoms with Crippen LogP contribution in [0.2, 0.25) is 0 Å². The Bertz CT molecular complexity index is 1080. The molecule has 0 aliphatic carbocycles. The molecule has 30 heavy (non-hydrogen) atoms. The first-order valence-electron chi connectivity index (χ1n) is 9.09. The fourth-order valence-electron chi connectivity index (χ4n) is 2.89. The third kappa shape index (κ3) is 4.94. The molecule has 3 rings (SSSR count). The number of primary amides is 1. The second-order valence-electron chi connectivity index (χ2n) is 6.65. The first-order valence-corrected chi connectivity index (χ1v) is 9.09. The van der Waals surface area contributed by atoms with Gasteiger partial charge in [-0.05, 0) is 23.8 Å². The zero-order valence-corrected chi connectivity index (χ0v) is 15.8. The first-order chi connectivity index (χ1) is 14.3. The van der Waals surface area contributed by atoms with E-state index in [2.05, 4.69) is 5.32 Å². The van der Waals surface area contributed by atoms with Crippen LogP contribution in [0.15, 0.2) is 72.8 Å². The third-order valence-electron chi connectivity index (χ3n) is 4.52. The molecule has 0 saturated heterocycles. The molecule has 2 amide bonds. The maximum atomic E-state index is 13.3. The number of carbonyl (C=O) groups excluding carboxylic acids is 3. The van der Waals surface area contributed by atoms with Crippen molar-refractivity contribution in [2.75, 3.05) is 0 Å². The van der Waals surface area contributed by atoms with E-state index in [0.29, 0.717) is 16.7 Å². The van der Waals surface area contributed by atoms with Gasteiger partial charge in [0.2, 0.25) is 5.91 Å². The van der Waals surface area contributed by atoms with Crippen molar-refractivity contribution in [1.29, 1.82) is 0 Å². The van der Waals surface area contributed by atoms with Gasteiger partial charge in [0.05, 0.1) is 0 Å². The fraction of sp³-hybridized carbons (Fsp3) is 0.0870. The Labute approximate surface area is 171 Å². The van der Waals surface area contributed by atoms with Crippen molar-refractivity contribution in [2.45, 2.75) is 12.5 Å². The highest BCUT2D eigenvalue weighted by Crippen LogP contribution is 2.13. The van der Waals surface area contributed by atoms with E-state index in [9.17, 15) is 23.2 Å². The summed E-state index contributed by atoms with van der Waals surface area (Å²) in [7, 11) is 0. The molecule has 0 saturated carbocycles. The molecule has 0 fully saturated rings. The van der Waals surface area contributed by atoms with E-state index in [-0.39, 0.29) is 17.8 Å². The zero-order chi connectivity index (χ0) is 21.7. The number of nitrogens with one attached hydrogen (secondary N) is 1. The summed E-state index contributed by atoms with van der Waals surface area (Å²) in [4.78, 5) is 36.5. The minimum absolute atomic E-state index is 0.0740. The number of hydrogen-bond donors (Lipinski definition) is 2. The van der Waals surface area contributed by atoms with Crippen LogP contribution in [0, 0.1) is 11.6 Å². The van der Waals surface area contributed by atoms with Gasteiger partial charge in [-0.3, -0.25) is 14.4 Å². The Morgan fingerprint density at radius 3 is 2.00 bits per heavy atom. The van der Waals surface area contributed by atoms with E-state index in [0.717, 1.165) is 18.2 Å². The normalized spacial score (nSPS) is 11.5. The number of halogens is 2. The van der Waals surface area contributed by atoms with Crippen LogP contribution in [0.25, 0.3) is 0 Å². The van der Waals surface area contributed by atoms with E-state index in [1.165, 1.54) is 0 Å². The molecule has 7 heteroatoms. The molecule has 3 aromatic rings. The predicted molar refractivity (Wildman–Crippen MR) is 107 cm³/mol. The molecule has 1 atom stereocenters. The zero-order valence-electron chi connectivity index (χ0n) is 15.8. The van der Waals surface area contributed by atoms with E-state index >= 15 is 0 Å². The topological polar surface area (TPSA) is 89.3 Å². The van der Waals surface area contributed by atoms with Crippen LogP contribution in [0.5, 0.6) is 0 Å². The molecular weight excluding hydrogens is 390 g/mol. The van der Waals surface area contributed by atoms with Crippen LogP contribution in [0.3, 0.4) is 0 Å². The molecule has 0 aliphatic heterocycles. The smallest absolute Gasteiger partial charge is 0.252 e. The number of nitrogens with two attached hydrogens (primary N) is 1. The maximum Gasteiger partial charge on any atom is 0.252 e. The van der Waals surface area contributed by atoms with Crippen LogP contribution in [-0.2, 0) is 11.2 Å². The Morgan fingerprint density at radius 1 is 0.800 bits per heavy atom. The van der Waals surface area contributed by atoms with Gasteiger partial charge in [0.1, 0.15) is 6.04 Å². The molecule has 152 valence electrons. The van der Waals surface area contributed by atoms with Crippen LogP contribution in [-0.4, -0.2) is 23.6 Å². The lowest BCUT2D eigenvalue weighted by Gasteiger charge is -2.16. The van der Waals surface area contributed by atoms with Crippen LogP contribution >= 0.6 is 0 Å². The fourth-order valence-corrected chi connectivity index (χ4v) is 2.89. The Morgan fingerprint density at radius 2 is 1.40 bits per heavy atom. The van der Waals surface area contributed by atoms with Crippen LogP contribution < -0.4 is 11.1 Å². The molecule has 0 heterocycles. The quantitative estimate of drug-likeness (QED) is 0.589. The van der Waals surface area contributed by atoms with Gasteiger partial charge in [0.25, 0.3) is 5.91 Å². The van der Waals surface area contributed by atoms with Gasteiger partial charge in [-0.15, -0.1) is 0 Å². The lowest BCUT2D eigenvalue weighted by Crippen LogP contribution is -2.45. The van der Waals surface area contributed by atoms with Crippen molar-refractivity contribution in [3.63, 3.8) is 0 Å². The Hall–Kier alpha value is -3.87. The van der Waals surface area contributed by atoms with Crippen LogP contribution in [0.1, 0.15) is 31.8 Å². The lowest BCUT2D eigenvalue weighted by molar-refractivity contribution is -0.119. The average molecular weight is 408 g/mol. The van der Waals surface area contributed by atoms with E-state index in [1.807, 2.05) is 6.07 Å². The number of amides is 2. The SMILES string of the molecule is NC(=O)[C@@H](Cc1ccc(C(=O)c2ccccc2)cc1)NC(=O)c1ccc(F)c(F)c1. The summed E-state index contributed by atoms with van der Waals surface area (Å²) in [5.41, 5.74) is 6.94. The van der Waals surface area contributed by atoms with Crippen molar-refractivity contribution >= 4 is 17.6 Å². The molecule has 5 nitrogen and oxygen atoms in total. The standard InChI is InChI=1S/C23H18F2N2O3/c24-18-11-10-17(13-19(18)25)23(30)27-20(22(26)29)12-14-6-8-16(9-7-14)21(28)15-4-2-1-3-5-15/h1-11,13,20H,12H2,(H2,26,29)(H,27,30)/t20-/m1/s1. The molecule has 0 spiro atoms. The summed E-state index contributed by atoms with van der Waals surface area (Å²) in [5, 5.41) is 2.42. The number of ketones is 1. The number of rotatable bonds is 7. The summed E-state index contributed by atoms with van der Waals surface area (Å²) in [6.07, 6.45) is 0.0740. The number of hydrogen-bond acceptors (Lipinski definition) is 3. The van der Waals surface area contributed by atoms with E-state index in [1.54, 1.807) is 48.5 Å². The molecule has 3 aromatic carbocycles. The molecule has 0 unspecified atom stereocenters. The highest BCUT2D eigenvalue weighted by Gasteiger charge is 2.20. The van der Waals surface area contributed by atoms with Gasteiger partial charge < -0.3 is 11.1 Å². The predicted octanol–water partition coefficient (Wildman–Crippen LogP) is 3.02. The summed E-state index contributed by atoms with van der Waals surface area (Å²) in [5.74, 6) is -3.93. The minimum Gasteiger partial charge on any atom is -0.368 e. The van der Waals surface area contributed by atoms with Crippen molar-refractivity contribution < 1.29 is 23.2 Å². The summed E-state index contributed by atoms with van der Waals surface area (Å²) in [6.45, 7) is 0. The molecule has 0 bridgehead atoms. The summed E-state index contributed by atoms with van der Waals surface area (Å²) < 4.78 is 26.4. The van der Waals surface area contributed by atoms with Crippen molar-refractivity contribution in [3.8, 4) is 0 Å². The molecule has 0 aliphatic rings. The summed E-state index contributed by atoms with van der Waals surface area (Å²) >= 11 is 0. The molecule has 0 radical (unpaired) electrons. The molecular formula is C23H18F2N2O3. The first kappa shape index (κ1) is 20.9. The number of benzene rings is 3. The van der Waals surface area contributed by atoms with Crippen molar-refractivity contribution in [2.24, 2.45) is 5.73 Å². The summed E-state index contributed by atoms with van der Waals surface area (Å²) in [6, 6.07) is 17.0. The van der Waals surface area contributed by atoms with Gasteiger partial charge in [-0.2, -0.15) is 0 Å². The van der Waals surface area contributed by atoms with Gasteiger partial charge >= 0.3 is 0 Å². The maximum absolute atomic E-state index is 13.3. The van der Waals surface area contributed by atoms with Crippen molar-refractivity contribution in [1.82, 2.24) is 5.32 Å².